The van der Waals surface area contributed by atoms with Crippen molar-refractivity contribution < 1.29 is 35.1 Å². The molecule has 0 radical (unpaired) electrons. The lowest BCUT2D eigenvalue weighted by molar-refractivity contribution is -0.145. The highest BCUT2D eigenvalue weighted by Gasteiger charge is 2.37. The summed E-state index contributed by atoms with van der Waals surface area (Å²) in [5, 5.41) is 48.1. The number of ether oxygens (including phenoxy) is 1. The van der Waals surface area contributed by atoms with Crippen molar-refractivity contribution in [2.75, 3.05) is 19.0 Å². The first kappa shape index (κ1) is 17.0. The number of rotatable bonds is 8. The zero-order valence-corrected chi connectivity index (χ0v) is 10.9. The molecule has 10 nitrogen and oxygen atoms in total. The van der Waals surface area contributed by atoms with Gasteiger partial charge in [-0.25, -0.2) is 4.79 Å². The molecular formula is C11H15NO9. The average molecular weight is 305 g/mol. The van der Waals surface area contributed by atoms with Crippen LogP contribution in [0.5, 0.6) is 5.75 Å². The van der Waals surface area contributed by atoms with Gasteiger partial charge in [0.25, 0.3) is 10.9 Å². The minimum absolute atomic E-state index is 0.393. The van der Waals surface area contributed by atoms with Gasteiger partial charge < -0.3 is 35.6 Å². The van der Waals surface area contributed by atoms with Crippen molar-refractivity contribution in [2.24, 2.45) is 0 Å². The van der Waals surface area contributed by atoms with Gasteiger partial charge in [-0.1, -0.05) is 0 Å². The largest absolute Gasteiger partial charge is 0.491 e. The van der Waals surface area contributed by atoms with E-state index in [0.717, 1.165) is 7.11 Å². The first-order valence-corrected chi connectivity index (χ1v) is 5.77. The van der Waals surface area contributed by atoms with Crippen LogP contribution in [0.25, 0.3) is 0 Å². The summed E-state index contributed by atoms with van der Waals surface area (Å²) in [6, 6.07) is -1.90. The smallest absolute Gasteiger partial charge is 0.328 e. The highest BCUT2D eigenvalue weighted by molar-refractivity contribution is 5.80. The number of hydrogen-bond donors (Lipinski definition) is 6. The number of carboxylic acid groups (broad SMARTS) is 1. The summed E-state index contributed by atoms with van der Waals surface area (Å²) in [6.45, 7) is -0.909. The van der Waals surface area contributed by atoms with E-state index in [1.165, 1.54) is 0 Å². The molecule has 0 unspecified atom stereocenters. The van der Waals surface area contributed by atoms with E-state index in [1.807, 2.05) is 0 Å². The summed E-state index contributed by atoms with van der Waals surface area (Å²) in [5.74, 6) is -2.04. The topological polar surface area (TPSA) is 174 Å². The van der Waals surface area contributed by atoms with E-state index >= 15 is 0 Å². The van der Waals surface area contributed by atoms with E-state index in [2.05, 4.69) is 10.1 Å². The Morgan fingerprint density at radius 2 is 1.76 bits per heavy atom. The molecule has 1 aromatic rings. The fraction of sp³-hybridized carbons (Fsp3) is 0.545. The number of aliphatic hydroxyl groups excluding tert-OH is 4. The van der Waals surface area contributed by atoms with Crippen LogP contribution in [0.2, 0.25) is 0 Å². The lowest BCUT2D eigenvalue weighted by Crippen LogP contribution is -2.53. The number of carboxylic acids is 1. The Morgan fingerprint density at radius 3 is 2.19 bits per heavy atom. The van der Waals surface area contributed by atoms with Gasteiger partial charge in [0, 0.05) is 0 Å². The normalized spacial score (nSPS) is 17.0. The number of aliphatic carboxylic acids is 1. The predicted octanol–water partition coefficient (Wildman–Crippen LogP) is -3.77. The van der Waals surface area contributed by atoms with Gasteiger partial charge in [-0.05, 0) is 0 Å². The molecule has 10 heteroatoms. The van der Waals surface area contributed by atoms with Gasteiger partial charge in [-0.2, -0.15) is 0 Å². The van der Waals surface area contributed by atoms with Gasteiger partial charge >= 0.3 is 5.97 Å². The van der Waals surface area contributed by atoms with Crippen LogP contribution in [-0.2, 0) is 4.79 Å². The molecular weight excluding hydrogens is 290 g/mol. The van der Waals surface area contributed by atoms with Gasteiger partial charge in [0.05, 0.1) is 13.7 Å². The number of methoxy groups -OCH3 is 1. The molecule has 0 heterocycles. The second kappa shape index (κ2) is 6.63. The van der Waals surface area contributed by atoms with Crippen molar-refractivity contribution >= 4 is 11.7 Å². The summed E-state index contributed by atoms with van der Waals surface area (Å²) in [4.78, 5) is 33.5. The third-order valence-electron chi connectivity index (χ3n) is 2.91. The standard InChI is InChI=1S/C11H15NO9/c1-21-10-4(7(16)9(10)18)12-5(11(19)20)8(17)6(15)3(14)2-13/h3,5-6,8,12-15,17H,2H2,1H3,(H,19,20)/t3-,5-,6-,8-/m1/s1. The number of carbonyl (C=O) groups is 1. The number of aliphatic hydroxyl groups is 4. The van der Waals surface area contributed by atoms with Crippen LogP contribution < -0.4 is 20.9 Å². The van der Waals surface area contributed by atoms with Crippen LogP contribution in [0.1, 0.15) is 0 Å². The van der Waals surface area contributed by atoms with Crippen molar-refractivity contribution in [2.45, 2.75) is 24.4 Å². The van der Waals surface area contributed by atoms with E-state index in [9.17, 15) is 29.7 Å². The van der Waals surface area contributed by atoms with Crippen LogP contribution in [0.15, 0.2) is 9.59 Å². The van der Waals surface area contributed by atoms with Crippen molar-refractivity contribution in [3.63, 3.8) is 0 Å². The molecule has 0 amide bonds. The van der Waals surface area contributed by atoms with E-state index in [0.29, 0.717) is 0 Å². The van der Waals surface area contributed by atoms with Crippen LogP contribution >= 0.6 is 0 Å². The first-order valence-electron chi connectivity index (χ1n) is 5.77. The van der Waals surface area contributed by atoms with Crippen molar-refractivity contribution in [3.05, 3.63) is 20.4 Å². The number of hydrogen-bond acceptors (Lipinski definition) is 9. The van der Waals surface area contributed by atoms with E-state index < -0.39 is 59.2 Å². The summed E-state index contributed by atoms with van der Waals surface area (Å²) < 4.78 is 4.59. The molecule has 4 atom stereocenters. The fourth-order valence-corrected chi connectivity index (χ4v) is 1.68. The molecule has 0 saturated heterocycles. The maximum atomic E-state index is 11.3. The Morgan fingerprint density at radius 1 is 1.19 bits per heavy atom. The molecule has 0 aromatic heterocycles. The molecule has 0 spiro atoms. The zero-order valence-electron chi connectivity index (χ0n) is 10.9. The number of anilines is 1. The molecule has 21 heavy (non-hydrogen) atoms. The molecule has 0 aliphatic heterocycles. The quantitative estimate of drug-likeness (QED) is 0.262. The average Bonchev–Trinajstić information content (AvgIpc) is 2.47. The second-order valence-electron chi connectivity index (χ2n) is 4.26. The minimum Gasteiger partial charge on any atom is -0.491 e. The third kappa shape index (κ3) is 3.19. The molecule has 0 aliphatic carbocycles. The third-order valence-corrected chi connectivity index (χ3v) is 2.91. The number of nitrogens with one attached hydrogen (secondary N) is 1. The Kier molecular flexibility index (Phi) is 5.38. The molecule has 0 bridgehead atoms. The van der Waals surface area contributed by atoms with Gasteiger partial charge in [-0.3, -0.25) is 9.59 Å². The van der Waals surface area contributed by atoms with Gasteiger partial charge in [-0.15, -0.1) is 0 Å². The van der Waals surface area contributed by atoms with Crippen molar-refractivity contribution in [1.82, 2.24) is 0 Å². The van der Waals surface area contributed by atoms with Crippen LogP contribution in [0.4, 0.5) is 5.69 Å². The maximum Gasteiger partial charge on any atom is 0.328 e. The van der Waals surface area contributed by atoms with Gasteiger partial charge in [0.1, 0.15) is 24.0 Å². The Balaban J connectivity index is 2.98. The summed E-state index contributed by atoms with van der Waals surface area (Å²) in [6.07, 6.45) is -5.82. The van der Waals surface area contributed by atoms with Gasteiger partial charge in [0.15, 0.2) is 11.8 Å². The summed E-state index contributed by atoms with van der Waals surface area (Å²) in [7, 11) is 1.10. The van der Waals surface area contributed by atoms with Crippen LogP contribution in [0, 0.1) is 0 Å². The maximum absolute atomic E-state index is 11.3. The Labute approximate surface area is 117 Å². The van der Waals surface area contributed by atoms with Crippen molar-refractivity contribution in [3.8, 4) is 5.75 Å². The first-order chi connectivity index (χ1) is 9.76. The molecule has 0 fully saturated rings. The molecule has 1 aromatic carbocycles. The molecule has 6 N–H and O–H groups in total. The highest BCUT2D eigenvalue weighted by Crippen LogP contribution is 2.19. The van der Waals surface area contributed by atoms with E-state index in [1.54, 1.807) is 0 Å². The molecule has 118 valence electrons. The van der Waals surface area contributed by atoms with Gasteiger partial charge in [0.2, 0.25) is 0 Å². The molecule has 0 saturated carbocycles. The molecule has 1 rings (SSSR count). The van der Waals surface area contributed by atoms with Crippen LogP contribution in [-0.4, -0.2) is 69.6 Å². The van der Waals surface area contributed by atoms with E-state index in [-0.39, 0.29) is 0 Å². The van der Waals surface area contributed by atoms with Crippen molar-refractivity contribution in [1.29, 1.82) is 0 Å². The Bertz CT molecular complexity index is 576. The lowest BCUT2D eigenvalue weighted by Gasteiger charge is -2.28. The Hall–Kier alpha value is -2.01. The fourth-order valence-electron chi connectivity index (χ4n) is 1.68. The lowest BCUT2D eigenvalue weighted by atomic mass is 10.0. The van der Waals surface area contributed by atoms with E-state index in [4.69, 9.17) is 10.2 Å². The zero-order chi connectivity index (χ0) is 16.3. The second-order valence-corrected chi connectivity index (χ2v) is 4.26. The predicted molar refractivity (Wildman–Crippen MR) is 68.1 cm³/mol. The van der Waals surface area contributed by atoms with Crippen LogP contribution in [0.3, 0.4) is 0 Å². The SMILES string of the molecule is COc1c(N[C@@H](C(=O)O)[C@@H](O)[C@H](O)[C@H](O)CO)c(=O)c1=O. The minimum atomic E-state index is -2.06. The summed E-state index contributed by atoms with van der Waals surface area (Å²) in [5.41, 5.74) is -2.42. The molecule has 0 aliphatic rings. The summed E-state index contributed by atoms with van der Waals surface area (Å²) >= 11 is 0. The highest BCUT2D eigenvalue weighted by atomic mass is 16.5. The monoisotopic (exact) mass is 305 g/mol.